The molecule has 0 aliphatic carbocycles. The molecule has 1 aromatic heterocycles. The summed E-state index contributed by atoms with van der Waals surface area (Å²) in [5, 5.41) is 1.42. The first-order valence-corrected chi connectivity index (χ1v) is 5.74. The van der Waals surface area contributed by atoms with Crippen LogP contribution in [0.2, 0.25) is 0 Å². The summed E-state index contributed by atoms with van der Waals surface area (Å²) in [6.07, 6.45) is 3.26. The van der Waals surface area contributed by atoms with Gasteiger partial charge in [-0.2, -0.15) is 0 Å². The van der Waals surface area contributed by atoms with Gasteiger partial charge in [-0.05, 0) is 6.33 Å². The van der Waals surface area contributed by atoms with Crippen molar-refractivity contribution in [2.45, 2.75) is 4.34 Å². The Morgan fingerprint density at radius 1 is 1.57 bits per heavy atom. The minimum Gasteiger partial charge on any atom is -0.552 e. The van der Waals surface area contributed by atoms with Crippen LogP contribution < -0.4 is 0 Å². The Kier molecular flexibility index (Phi) is 16.1. The van der Waals surface area contributed by atoms with E-state index in [9.17, 15) is 8.42 Å². The van der Waals surface area contributed by atoms with Crippen molar-refractivity contribution in [3.63, 3.8) is 0 Å². The molecule has 14 heavy (non-hydrogen) atoms. The minimum absolute atomic E-state index is 0. The van der Waals surface area contributed by atoms with E-state index in [0.29, 0.717) is 0 Å². The van der Waals surface area contributed by atoms with Gasteiger partial charge in [-0.1, -0.05) is 0 Å². The molecule has 73 valence electrons. The van der Waals surface area contributed by atoms with Gasteiger partial charge in [0.15, 0.2) is 0 Å². The summed E-state index contributed by atoms with van der Waals surface area (Å²) in [6.45, 7) is 0. The van der Waals surface area contributed by atoms with Crippen LogP contribution in [0.1, 0.15) is 0 Å². The van der Waals surface area contributed by atoms with Gasteiger partial charge in [-0.25, -0.2) is 8.42 Å². The predicted octanol–water partition coefficient (Wildman–Crippen LogP) is -1.04. The van der Waals surface area contributed by atoms with Crippen LogP contribution in [0.15, 0.2) is 4.34 Å². The summed E-state index contributed by atoms with van der Waals surface area (Å²) in [4.78, 5) is 12.0. The molecule has 3 radical (unpaired) electrons. The van der Waals surface area contributed by atoms with E-state index in [1.165, 1.54) is 5.15 Å². The maximum absolute atomic E-state index is 10.6. The first-order chi connectivity index (χ1) is 5.52. The van der Waals surface area contributed by atoms with E-state index in [1.807, 2.05) is 0 Å². The molecule has 0 saturated carbocycles. The summed E-state index contributed by atoms with van der Waals surface area (Å²) in [5.74, 6) is 0. The summed E-state index contributed by atoms with van der Waals surface area (Å²) in [6, 6.07) is 0. The number of nitrogens with zero attached hydrogens (tertiary/aromatic N) is 2. The smallest absolute Gasteiger partial charge is 0.135 e. The van der Waals surface area contributed by atoms with Crippen LogP contribution >= 0.6 is 11.5 Å². The summed E-state index contributed by atoms with van der Waals surface area (Å²) in [7, 11) is -3.15. The molecule has 0 aliphatic heterocycles. The van der Waals surface area contributed by atoms with E-state index >= 15 is 0 Å². The maximum atomic E-state index is 10.6. The van der Waals surface area contributed by atoms with E-state index in [2.05, 4.69) is 15.7 Å². The quantitative estimate of drug-likeness (QED) is 0.359. The molecule has 0 saturated heterocycles. The zero-order chi connectivity index (χ0) is 9.61. The second-order valence-corrected chi connectivity index (χ2v) is 4.73. The van der Waals surface area contributed by atoms with E-state index in [1.54, 1.807) is 16.3 Å². The Morgan fingerprint density at radius 2 is 2.00 bits per heavy atom. The fraction of sp³-hybridized carbons (Fsp3) is 0.250. The Hall–Kier alpha value is 1.35. The fourth-order valence-corrected chi connectivity index (χ4v) is 1.39. The van der Waals surface area contributed by atoms with Gasteiger partial charge < -0.3 is 19.3 Å². The SMILES string of the molecule is CS(=O)(=O)c1n[c-]ns1.O=[C-][Al].[U].[V]. The fourth-order valence-electron chi connectivity index (χ4n) is 0.292. The van der Waals surface area contributed by atoms with Gasteiger partial charge in [0.25, 0.3) is 0 Å². The van der Waals surface area contributed by atoms with Gasteiger partial charge >= 0.3 is 0 Å². The zero-order valence-corrected chi connectivity index (χ0v) is 15.3. The molecule has 5 nitrogen and oxygen atoms in total. The van der Waals surface area contributed by atoms with Crippen LogP contribution in [-0.4, -0.2) is 45.5 Å². The van der Waals surface area contributed by atoms with Crippen molar-refractivity contribution < 1.29 is 62.9 Å². The molecule has 0 amide bonds. The van der Waals surface area contributed by atoms with E-state index < -0.39 is 9.84 Å². The van der Waals surface area contributed by atoms with Gasteiger partial charge in [-0.15, -0.1) is 27.8 Å². The van der Waals surface area contributed by atoms with Gasteiger partial charge in [-0.3, -0.25) is 0 Å². The topological polar surface area (TPSA) is 77.0 Å². The Bertz CT molecular complexity index is 330. The number of aromatic nitrogens is 2. The molecule has 0 aromatic carbocycles. The predicted molar refractivity (Wildman–Crippen MR) is 43.3 cm³/mol. The summed E-state index contributed by atoms with van der Waals surface area (Å²) < 4.78 is 24.6. The number of sulfone groups is 1. The van der Waals surface area contributed by atoms with Crippen molar-refractivity contribution in [2.24, 2.45) is 0 Å². The number of carbonyl (C=O) groups excluding carboxylic acids is 1. The van der Waals surface area contributed by atoms with Crippen molar-refractivity contribution in [1.29, 1.82) is 0 Å². The minimum atomic E-state index is -3.15. The van der Waals surface area contributed by atoms with Gasteiger partial charge in [0.05, 0.1) is 4.34 Å². The summed E-state index contributed by atoms with van der Waals surface area (Å²) >= 11 is 2.60. The standard InChI is InChI=1S/C3H3N2O2S2.CO.Al.U.V/c1-9(6,7)3-4-2-5-8-3;1-2;;;/h1H3;;;;/q2*-1;;;. The number of hydrogen-bond acceptors (Lipinski definition) is 6. The van der Waals surface area contributed by atoms with Crippen LogP contribution in [0, 0.1) is 37.4 Å². The normalized spacial score (nSPS) is 8.36. The third-order valence-corrected chi connectivity index (χ3v) is 2.90. The molecule has 1 rings (SSSR count). The third-order valence-electron chi connectivity index (χ3n) is 0.623. The van der Waals surface area contributed by atoms with E-state index in [0.717, 1.165) is 17.8 Å². The first kappa shape index (κ1) is 20.7. The molecule has 0 unspecified atom stereocenters. The maximum Gasteiger partial charge on any atom is 0.135 e. The van der Waals surface area contributed by atoms with Crippen molar-refractivity contribution >= 4 is 42.8 Å². The van der Waals surface area contributed by atoms with Crippen LogP contribution in [0.3, 0.4) is 0 Å². The van der Waals surface area contributed by atoms with Crippen LogP contribution in [0.5, 0.6) is 0 Å². The van der Waals surface area contributed by atoms with Crippen molar-refractivity contribution in [3.8, 4) is 0 Å². The molecular weight excluding hydrogens is 504 g/mol. The molecule has 0 N–H and O–H groups in total. The molecule has 0 fully saturated rings. The Labute approximate surface area is 130 Å². The van der Waals surface area contributed by atoms with Crippen LogP contribution in [0.25, 0.3) is 0 Å². The van der Waals surface area contributed by atoms with Gasteiger partial charge in [0.1, 0.15) is 9.84 Å². The molecule has 0 bridgehead atoms. The van der Waals surface area contributed by atoms with E-state index in [4.69, 9.17) is 4.79 Å². The monoisotopic (exact) mass is 507 g/mol. The van der Waals surface area contributed by atoms with Gasteiger partial charge in [0.2, 0.25) is 0 Å². The molecule has 1 heterocycles. The Morgan fingerprint density at radius 3 is 2.14 bits per heavy atom. The van der Waals surface area contributed by atoms with Crippen molar-refractivity contribution in [3.05, 3.63) is 6.33 Å². The number of hydrogen-bond donors (Lipinski definition) is 0. The third kappa shape index (κ3) is 9.89. The number of rotatable bonds is 1. The molecule has 10 heteroatoms. The van der Waals surface area contributed by atoms with Gasteiger partial charge in [0, 0.05) is 55.9 Å². The molecule has 0 aliphatic rings. The van der Waals surface area contributed by atoms with E-state index in [-0.39, 0.29) is 54.0 Å². The zero-order valence-electron chi connectivity index (χ0n) is 6.96. The second-order valence-electron chi connectivity index (χ2n) is 1.55. The van der Waals surface area contributed by atoms with Crippen LogP contribution in [0.4, 0.5) is 0 Å². The van der Waals surface area contributed by atoms with Crippen LogP contribution in [-0.2, 0) is 33.2 Å². The molecular formula is C4H3AlN2O3S2UV-2. The second kappa shape index (κ2) is 10.9. The van der Waals surface area contributed by atoms with Crippen molar-refractivity contribution in [2.75, 3.05) is 6.26 Å². The average molecular weight is 507 g/mol. The average Bonchev–Trinajstić information content (AvgIpc) is 2.36. The summed E-state index contributed by atoms with van der Waals surface area (Å²) in [5.41, 5.74) is 0. The largest absolute Gasteiger partial charge is 0.552 e. The molecule has 1 aromatic rings. The molecule has 0 atom stereocenters. The first-order valence-electron chi connectivity index (χ1n) is 2.50. The van der Waals surface area contributed by atoms with Crippen molar-refractivity contribution in [1.82, 2.24) is 9.36 Å². The Balaban J connectivity index is -0.000000218. The molecule has 0 spiro atoms.